The molecule has 3 aromatic rings. The Balaban J connectivity index is 1.84. The fourth-order valence-electron chi connectivity index (χ4n) is 2.74. The quantitative estimate of drug-likeness (QED) is 0.675. The minimum absolute atomic E-state index is 0.289. The summed E-state index contributed by atoms with van der Waals surface area (Å²) in [5.41, 5.74) is 4.68. The van der Waals surface area contributed by atoms with Gasteiger partial charge in [-0.1, -0.05) is 48.0 Å². The van der Waals surface area contributed by atoms with Crippen molar-refractivity contribution in [2.75, 3.05) is 0 Å². The van der Waals surface area contributed by atoms with Gasteiger partial charge in [0.25, 0.3) is 0 Å². The molecule has 3 nitrogen and oxygen atoms in total. The van der Waals surface area contributed by atoms with Crippen molar-refractivity contribution in [2.24, 2.45) is 4.99 Å². The van der Waals surface area contributed by atoms with Crippen molar-refractivity contribution in [3.63, 3.8) is 0 Å². The fraction of sp³-hybridized carbons (Fsp3) is 0.111. The standard InChI is InChI=1S/C18H13NO2/c1-11-6-8-12(9-7-11)15-10-14-13-4-2-3-5-16(13)21-17(14)18(20)19-15/h2-9H,10H2,1H3. The van der Waals surface area contributed by atoms with Crippen molar-refractivity contribution in [3.8, 4) is 0 Å². The first-order chi connectivity index (χ1) is 10.2. The smallest absolute Gasteiger partial charge is 0.313 e. The zero-order valence-electron chi connectivity index (χ0n) is 11.6. The molecule has 0 saturated carbocycles. The summed E-state index contributed by atoms with van der Waals surface area (Å²) >= 11 is 0. The third-order valence-corrected chi connectivity index (χ3v) is 3.86. The molecule has 0 saturated heterocycles. The van der Waals surface area contributed by atoms with E-state index in [0.717, 1.165) is 27.8 Å². The number of furan rings is 1. The highest BCUT2D eigenvalue weighted by atomic mass is 16.3. The second-order valence-corrected chi connectivity index (χ2v) is 5.31. The number of hydrogen-bond acceptors (Lipinski definition) is 2. The lowest BCUT2D eigenvalue weighted by Gasteiger charge is -2.11. The molecule has 0 fully saturated rings. The summed E-state index contributed by atoms with van der Waals surface area (Å²) < 4.78 is 5.65. The number of carbonyl (C=O) groups is 1. The average molecular weight is 275 g/mol. The van der Waals surface area contributed by atoms with Crippen molar-refractivity contribution in [2.45, 2.75) is 13.3 Å². The number of hydrogen-bond donors (Lipinski definition) is 0. The largest absolute Gasteiger partial charge is 0.451 e. The molecule has 102 valence electrons. The molecule has 1 aliphatic rings. The molecule has 1 aliphatic heterocycles. The van der Waals surface area contributed by atoms with Crippen molar-refractivity contribution >= 4 is 22.6 Å². The highest BCUT2D eigenvalue weighted by molar-refractivity contribution is 6.16. The van der Waals surface area contributed by atoms with Crippen molar-refractivity contribution in [1.82, 2.24) is 0 Å². The summed E-state index contributed by atoms with van der Waals surface area (Å²) in [6.45, 7) is 2.04. The van der Waals surface area contributed by atoms with Gasteiger partial charge in [-0.2, -0.15) is 0 Å². The topological polar surface area (TPSA) is 42.6 Å². The van der Waals surface area contributed by atoms with Gasteiger partial charge in [-0.15, -0.1) is 0 Å². The van der Waals surface area contributed by atoms with E-state index in [-0.39, 0.29) is 5.91 Å². The Kier molecular flexibility index (Phi) is 2.54. The number of rotatable bonds is 1. The molecule has 4 rings (SSSR count). The first-order valence-corrected chi connectivity index (χ1v) is 6.92. The van der Waals surface area contributed by atoms with Crippen LogP contribution in [0, 0.1) is 6.92 Å². The van der Waals surface area contributed by atoms with E-state index in [1.165, 1.54) is 5.56 Å². The van der Waals surface area contributed by atoms with Crippen molar-refractivity contribution in [1.29, 1.82) is 0 Å². The molecule has 1 amide bonds. The van der Waals surface area contributed by atoms with Gasteiger partial charge in [-0.3, -0.25) is 4.79 Å². The van der Waals surface area contributed by atoms with Crippen LogP contribution in [0.25, 0.3) is 11.0 Å². The van der Waals surface area contributed by atoms with E-state index in [0.29, 0.717) is 12.2 Å². The summed E-state index contributed by atoms with van der Waals surface area (Å²) in [5, 5.41) is 1.00. The summed E-state index contributed by atoms with van der Waals surface area (Å²) in [4.78, 5) is 16.4. The lowest BCUT2D eigenvalue weighted by molar-refractivity contribution is 0.0975. The van der Waals surface area contributed by atoms with Gasteiger partial charge >= 0.3 is 5.91 Å². The maximum Gasteiger partial charge on any atom is 0.313 e. The van der Waals surface area contributed by atoms with Crippen LogP contribution in [0.1, 0.15) is 27.2 Å². The Bertz CT molecular complexity index is 885. The van der Waals surface area contributed by atoms with E-state index in [9.17, 15) is 4.79 Å². The number of nitrogens with zero attached hydrogens (tertiary/aromatic N) is 1. The van der Waals surface area contributed by atoms with Crippen LogP contribution < -0.4 is 0 Å². The van der Waals surface area contributed by atoms with Crippen molar-refractivity contribution < 1.29 is 9.21 Å². The minimum atomic E-state index is -0.289. The monoisotopic (exact) mass is 275 g/mol. The molecule has 0 radical (unpaired) electrons. The molecule has 3 heteroatoms. The predicted molar refractivity (Wildman–Crippen MR) is 82.0 cm³/mol. The van der Waals surface area contributed by atoms with E-state index >= 15 is 0 Å². The van der Waals surface area contributed by atoms with Crippen LogP contribution in [0.15, 0.2) is 57.9 Å². The van der Waals surface area contributed by atoms with E-state index in [4.69, 9.17) is 4.42 Å². The molecule has 21 heavy (non-hydrogen) atoms. The maximum absolute atomic E-state index is 12.2. The first-order valence-electron chi connectivity index (χ1n) is 6.92. The highest BCUT2D eigenvalue weighted by Gasteiger charge is 2.26. The van der Waals surface area contributed by atoms with Crippen LogP contribution in [0.3, 0.4) is 0 Å². The number of benzene rings is 2. The van der Waals surface area contributed by atoms with Gasteiger partial charge in [0.15, 0.2) is 5.76 Å². The molecule has 0 spiro atoms. The van der Waals surface area contributed by atoms with Crippen LogP contribution in [-0.4, -0.2) is 11.6 Å². The molecule has 2 heterocycles. The molecule has 0 atom stereocenters. The number of aryl methyl sites for hydroxylation is 1. The van der Waals surface area contributed by atoms with Gasteiger partial charge in [-0.25, -0.2) is 4.99 Å². The fourth-order valence-corrected chi connectivity index (χ4v) is 2.74. The Hall–Kier alpha value is -2.68. The van der Waals surface area contributed by atoms with Crippen LogP contribution in [-0.2, 0) is 6.42 Å². The maximum atomic E-state index is 12.2. The van der Waals surface area contributed by atoms with Gasteiger partial charge in [-0.05, 0) is 18.6 Å². The summed E-state index contributed by atoms with van der Waals surface area (Å²) in [7, 11) is 0. The number of amides is 1. The van der Waals surface area contributed by atoms with Crippen molar-refractivity contribution in [3.05, 3.63) is 71.0 Å². The Morgan fingerprint density at radius 2 is 1.81 bits per heavy atom. The summed E-state index contributed by atoms with van der Waals surface area (Å²) in [6, 6.07) is 15.8. The van der Waals surface area contributed by atoms with Gasteiger partial charge < -0.3 is 4.42 Å². The molecule has 2 aromatic carbocycles. The Labute approximate surface area is 121 Å². The molecule has 0 bridgehead atoms. The molecule has 1 aromatic heterocycles. The normalized spacial score (nSPS) is 14.1. The van der Waals surface area contributed by atoms with E-state index in [1.807, 2.05) is 55.5 Å². The Morgan fingerprint density at radius 3 is 2.62 bits per heavy atom. The van der Waals surface area contributed by atoms with Crippen LogP contribution in [0.4, 0.5) is 0 Å². The lowest BCUT2D eigenvalue weighted by atomic mass is 9.96. The second kappa shape index (κ2) is 4.42. The zero-order chi connectivity index (χ0) is 14.4. The molecule has 0 unspecified atom stereocenters. The second-order valence-electron chi connectivity index (χ2n) is 5.31. The average Bonchev–Trinajstić information content (AvgIpc) is 2.87. The number of carbonyl (C=O) groups excluding carboxylic acids is 1. The van der Waals surface area contributed by atoms with Gasteiger partial charge in [0.05, 0.1) is 5.71 Å². The van der Waals surface area contributed by atoms with E-state index < -0.39 is 0 Å². The third-order valence-electron chi connectivity index (χ3n) is 3.86. The highest BCUT2D eigenvalue weighted by Crippen LogP contribution is 2.30. The summed E-state index contributed by atoms with van der Waals surface area (Å²) in [6.07, 6.45) is 0.626. The molecular weight excluding hydrogens is 262 g/mol. The predicted octanol–water partition coefficient (Wildman–Crippen LogP) is 3.93. The minimum Gasteiger partial charge on any atom is -0.451 e. The number of aliphatic imine (C=N–C) groups is 1. The van der Waals surface area contributed by atoms with Gasteiger partial charge in [0, 0.05) is 17.4 Å². The first kappa shape index (κ1) is 12.1. The SMILES string of the molecule is Cc1ccc(C2=NC(=O)c3oc4ccccc4c3C2)cc1. The van der Waals surface area contributed by atoms with Crippen LogP contribution >= 0.6 is 0 Å². The number of fused-ring (bicyclic) bond motifs is 3. The zero-order valence-corrected chi connectivity index (χ0v) is 11.6. The Morgan fingerprint density at radius 1 is 1.05 bits per heavy atom. The number of para-hydroxylation sites is 1. The van der Waals surface area contributed by atoms with E-state index in [1.54, 1.807) is 0 Å². The third kappa shape index (κ3) is 1.89. The molecule has 0 N–H and O–H groups in total. The van der Waals surface area contributed by atoms with Gasteiger partial charge in [0.1, 0.15) is 5.58 Å². The lowest BCUT2D eigenvalue weighted by Crippen LogP contribution is -2.16. The van der Waals surface area contributed by atoms with E-state index in [2.05, 4.69) is 4.99 Å². The molecular formula is C18H13NO2. The van der Waals surface area contributed by atoms with Crippen LogP contribution in [0.2, 0.25) is 0 Å². The summed E-state index contributed by atoms with van der Waals surface area (Å²) in [5.74, 6) is 0.0927. The van der Waals surface area contributed by atoms with Crippen LogP contribution in [0.5, 0.6) is 0 Å². The molecule has 0 aliphatic carbocycles. The van der Waals surface area contributed by atoms with Gasteiger partial charge in [0.2, 0.25) is 0 Å².